The van der Waals surface area contributed by atoms with Crippen molar-refractivity contribution in [3.63, 3.8) is 0 Å². The number of aryl methyl sites for hydroxylation is 2. The van der Waals surface area contributed by atoms with Gasteiger partial charge < -0.3 is 9.42 Å². The molecule has 152 valence electrons. The number of hydrogen-bond donors (Lipinski definition) is 0. The fourth-order valence-corrected chi connectivity index (χ4v) is 4.06. The van der Waals surface area contributed by atoms with Crippen molar-refractivity contribution in [2.24, 2.45) is 0 Å². The van der Waals surface area contributed by atoms with Crippen LogP contribution in [0.25, 0.3) is 22.3 Å². The van der Waals surface area contributed by atoms with Gasteiger partial charge in [-0.1, -0.05) is 47.1 Å². The average Bonchev–Trinajstić information content (AvgIpc) is 3.20. The van der Waals surface area contributed by atoms with E-state index in [1.54, 1.807) is 0 Å². The van der Waals surface area contributed by atoms with Crippen LogP contribution < -0.4 is 4.90 Å². The predicted octanol–water partition coefficient (Wildman–Crippen LogP) is 4.22. The molecule has 1 fully saturated rings. The number of nitrogens with zero attached hydrogens (tertiary/aromatic N) is 5. The maximum Gasteiger partial charge on any atom is 0.223 e. The van der Waals surface area contributed by atoms with Gasteiger partial charge in [-0.2, -0.15) is 4.98 Å². The van der Waals surface area contributed by atoms with Crippen molar-refractivity contribution in [1.29, 1.82) is 0 Å². The number of aromatic nitrogens is 3. The second-order valence-electron chi connectivity index (χ2n) is 7.94. The number of anilines is 1. The maximum atomic E-state index is 5.26. The van der Waals surface area contributed by atoms with E-state index in [0.717, 1.165) is 55.0 Å². The second-order valence-corrected chi connectivity index (χ2v) is 7.94. The number of hydrogen-bond acceptors (Lipinski definition) is 6. The lowest BCUT2D eigenvalue weighted by molar-refractivity contribution is 0.249. The van der Waals surface area contributed by atoms with Crippen LogP contribution in [0.3, 0.4) is 0 Å². The lowest BCUT2D eigenvalue weighted by atomic mass is 10.1. The van der Waals surface area contributed by atoms with Crippen molar-refractivity contribution in [2.75, 3.05) is 31.1 Å². The summed E-state index contributed by atoms with van der Waals surface area (Å²) in [6.07, 6.45) is 0. The normalized spacial score (nSPS) is 15.1. The molecule has 1 aliphatic heterocycles. The van der Waals surface area contributed by atoms with Crippen LogP contribution in [0.15, 0.2) is 59.1 Å². The first kappa shape index (κ1) is 18.8. The van der Waals surface area contributed by atoms with Crippen molar-refractivity contribution in [3.05, 3.63) is 71.6 Å². The highest BCUT2D eigenvalue weighted by Crippen LogP contribution is 2.32. The summed E-state index contributed by atoms with van der Waals surface area (Å²) in [5.41, 5.74) is 4.49. The van der Waals surface area contributed by atoms with E-state index in [4.69, 9.17) is 9.51 Å². The Morgan fingerprint density at radius 3 is 2.43 bits per heavy atom. The molecule has 30 heavy (non-hydrogen) atoms. The summed E-state index contributed by atoms with van der Waals surface area (Å²) < 4.78 is 5.26. The number of fused-ring (bicyclic) bond motifs is 1. The van der Waals surface area contributed by atoms with Crippen molar-refractivity contribution < 1.29 is 4.52 Å². The van der Waals surface area contributed by atoms with E-state index in [1.807, 2.05) is 6.92 Å². The summed E-state index contributed by atoms with van der Waals surface area (Å²) in [4.78, 5) is 14.3. The van der Waals surface area contributed by atoms with Crippen molar-refractivity contribution in [2.45, 2.75) is 20.4 Å². The predicted molar refractivity (Wildman–Crippen MR) is 118 cm³/mol. The topological polar surface area (TPSA) is 58.3 Å². The van der Waals surface area contributed by atoms with Gasteiger partial charge in [-0.3, -0.25) is 4.90 Å². The molecule has 0 N–H and O–H groups in total. The zero-order valence-corrected chi connectivity index (χ0v) is 17.4. The largest absolute Gasteiger partial charge is 0.353 e. The average molecular weight is 399 g/mol. The molecule has 2 aromatic heterocycles. The quantitative estimate of drug-likeness (QED) is 0.512. The Balaban J connectivity index is 1.44. The molecule has 0 bridgehead atoms. The smallest absolute Gasteiger partial charge is 0.223 e. The van der Waals surface area contributed by atoms with Crippen LogP contribution in [-0.4, -0.2) is 46.2 Å². The summed E-state index contributed by atoms with van der Waals surface area (Å²) in [5, 5.41) is 5.27. The van der Waals surface area contributed by atoms with Gasteiger partial charge >= 0.3 is 0 Å². The molecule has 0 amide bonds. The highest BCUT2D eigenvalue weighted by atomic mass is 16.5. The zero-order valence-electron chi connectivity index (χ0n) is 17.4. The molecule has 5 rings (SSSR count). The molecule has 6 heteroatoms. The standard InChI is InChI=1S/C24H25N5O/c1-17-8-9-22-20(14-17)15-21(23-25-18(2)30-27-23)24(26-22)29-12-10-28(11-13-29)16-19-6-4-3-5-7-19/h3-9,14-15H,10-13,16H2,1-2H3. The maximum absolute atomic E-state index is 5.26. The molecule has 4 aromatic rings. The third-order valence-corrected chi connectivity index (χ3v) is 5.64. The Hall–Kier alpha value is -3.25. The monoisotopic (exact) mass is 399 g/mol. The van der Waals surface area contributed by atoms with Gasteiger partial charge in [0.25, 0.3) is 0 Å². The molecule has 3 heterocycles. The van der Waals surface area contributed by atoms with Gasteiger partial charge in [-0.05, 0) is 30.7 Å². The molecule has 0 spiro atoms. The number of rotatable bonds is 4. The lowest BCUT2D eigenvalue weighted by Gasteiger charge is -2.36. The van der Waals surface area contributed by atoms with Crippen LogP contribution in [0.2, 0.25) is 0 Å². The van der Waals surface area contributed by atoms with Crippen molar-refractivity contribution >= 4 is 16.7 Å². The fraction of sp³-hybridized carbons (Fsp3) is 0.292. The first-order valence-electron chi connectivity index (χ1n) is 10.4. The molecular weight excluding hydrogens is 374 g/mol. The van der Waals surface area contributed by atoms with Crippen LogP contribution >= 0.6 is 0 Å². The summed E-state index contributed by atoms with van der Waals surface area (Å²) in [5.74, 6) is 2.10. The molecular formula is C24H25N5O. The molecule has 1 saturated heterocycles. The molecule has 0 unspecified atom stereocenters. The van der Waals surface area contributed by atoms with Crippen LogP contribution in [0.4, 0.5) is 5.82 Å². The molecule has 0 atom stereocenters. The van der Waals surface area contributed by atoms with Crippen LogP contribution in [-0.2, 0) is 6.54 Å². The highest BCUT2D eigenvalue weighted by Gasteiger charge is 2.23. The van der Waals surface area contributed by atoms with E-state index in [0.29, 0.717) is 11.7 Å². The number of pyridine rings is 1. The van der Waals surface area contributed by atoms with Gasteiger partial charge in [0.2, 0.25) is 11.7 Å². The van der Waals surface area contributed by atoms with Gasteiger partial charge in [0.1, 0.15) is 5.82 Å². The summed E-state index contributed by atoms with van der Waals surface area (Å²) in [7, 11) is 0. The van der Waals surface area contributed by atoms with Gasteiger partial charge in [0.15, 0.2) is 0 Å². The fourth-order valence-electron chi connectivity index (χ4n) is 4.06. The van der Waals surface area contributed by atoms with Gasteiger partial charge in [0.05, 0.1) is 11.1 Å². The highest BCUT2D eigenvalue weighted by molar-refractivity contribution is 5.88. The Morgan fingerprint density at radius 2 is 1.70 bits per heavy atom. The Kier molecular flexibility index (Phi) is 4.93. The van der Waals surface area contributed by atoms with Crippen LogP contribution in [0, 0.1) is 13.8 Å². The van der Waals surface area contributed by atoms with Gasteiger partial charge in [-0.25, -0.2) is 4.98 Å². The summed E-state index contributed by atoms with van der Waals surface area (Å²) >= 11 is 0. The molecule has 1 aliphatic rings. The minimum absolute atomic E-state index is 0.563. The molecule has 0 saturated carbocycles. The first-order valence-corrected chi connectivity index (χ1v) is 10.4. The van der Waals surface area contributed by atoms with E-state index in [-0.39, 0.29) is 0 Å². The van der Waals surface area contributed by atoms with E-state index in [1.165, 1.54) is 11.1 Å². The van der Waals surface area contributed by atoms with E-state index in [2.05, 4.69) is 81.5 Å². The van der Waals surface area contributed by atoms with Crippen LogP contribution in [0.5, 0.6) is 0 Å². The van der Waals surface area contributed by atoms with E-state index in [9.17, 15) is 0 Å². The number of piperazine rings is 1. The van der Waals surface area contributed by atoms with E-state index < -0.39 is 0 Å². The molecule has 2 aromatic carbocycles. The molecule has 6 nitrogen and oxygen atoms in total. The first-order chi connectivity index (χ1) is 14.7. The van der Waals surface area contributed by atoms with Gasteiger partial charge in [0, 0.05) is 45.0 Å². The Labute approximate surface area is 176 Å². The molecule has 0 radical (unpaired) electrons. The van der Waals surface area contributed by atoms with Crippen LogP contribution in [0.1, 0.15) is 17.0 Å². The summed E-state index contributed by atoms with van der Waals surface area (Å²) in [6.45, 7) is 8.72. The minimum Gasteiger partial charge on any atom is -0.353 e. The van der Waals surface area contributed by atoms with Crippen molar-refractivity contribution in [1.82, 2.24) is 20.0 Å². The summed E-state index contributed by atoms with van der Waals surface area (Å²) in [6, 6.07) is 19.1. The number of benzene rings is 2. The Bertz CT molecular complexity index is 1160. The Morgan fingerprint density at radius 1 is 0.900 bits per heavy atom. The van der Waals surface area contributed by atoms with Crippen molar-refractivity contribution in [3.8, 4) is 11.4 Å². The molecule has 0 aliphatic carbocycles. The van der Waals surface area contributed by atoms with E-state index >= 15 is 0 Å². The van der Waals surface area contributed by atoms with Gasteiger partial charge in [-0.15, -0.1) is 0 Å². The lowest BCUT2D eigenvalue weighted by Crippen LogP contribution is -2.46. The zero-order chi connectivity index (χ0) is 20.5. The SMILES string of the molecule is Cc1ccc2nc(N3CCN(Cc4ccccc4)CC3)c(-c3noc(C)n3)cc2c1. The third-order valence-electron chi connectivity index (χ3n) is 5.64. The second kappa shape index (κ2) is 7.88. The third kappa shape index (κ3) is 3.78. The minimum atomic E-state index is 0.563.